The number of aromatic nitrogens is 1. The molecule has 0 saturated heterocycles. The maximum absolute atomic E-state index is 2.56. The molecule has 0 saturated carbocycles. The Kier molecular flexibility index (Phi) is 9.50. The molecule has 1 heterocycles. The molecule has 1 aromatic heterocycles. The predicted octanol–water partition coefficient (Wildman–Crippen LogP) is 18.3. The van der Waals surface area contributed by atoms with Gasteiger partial charge in [-0.15, -0.1) is 0 Å². The minimum atomic E-state index is -0.543. The average Bonchev–Trinajstić information content (AvgIpc) is 4.03. The number of hydrogen-bond donors (Lipinski definition) is 0. The van der Waals surface area contributed by atoms with Crippen molar-refractivity contribution in [3.8, 4) is 50.2 Å². The van der Waals surface area contributed by atoms with Crippen molar-refractivity contribution in [2.45, 2.75) is 24.7 Å². The number of para-hydroxylation sites is 3. The summed E-state index contributed by atoms with van der Waals surface area (Å²) in [6, 6.07) is 99.1. The van der Waals surface area contributed by atoms with Gasteiger partial charge in [-0.25, -0.2) is 0 Å². The summed E-state index contributed by atoms with van der Waals surface area (Å²) in [4.78, 5) is 2.56. The number of benzene rings is 11. The molecule has 2 aliphatic carbocycles. The summed E-state index contributed by atoms with van der Waals surface area (Å²) in [7, 11) is 0. The third-order valence-corrected chi connectivity index (χ3v) is 15.9. The smallest absolute Gasteiger partial charge is 0.0714 e. The first-order valence-corrected chi connectivity index (χ1v) is 25.2. The molecule has 0 atom stereocenters. The summed E-state index contributed by atoms with van der Waals surface area (Å²) >= 11 is 0. The van der Waals surface area contributed by atoms with Gasteiger partial charge in [0.15, 0.2) is 0 Å². The lowest BCUT2D eigenvalue weighted by Crippen LogP contribution is -2.28. The van der Waals surface area contributed by atoms with Crippen molar-refractivity contribution >= 4 is 38.9 Å². The molecular weight excluding hydrogens is 869 g/mol. The summed E-state index contributed by atoms with van der Waals surface area (Å²) in [6.45, 7) is 4.82. The highest BCUT2D eigenvalue weighted by atomic mass is 15.1. The Labute approximate surface area is 421 Å². The van der Waals surface area contributed by atoms with E-state index < -0.39 is 5.41 Å². The fourth-order valence-corrected chi connectivity index (χ4v) is 12.6. The van der Waals surface area contributed by atoms with Crippen LogP contribution in [0.25, 0.3) is 72.0 Å². The summed E-state index contributed by atoms with van der Waals surface area (Å²) in [5, 5.41) is 2.54. The van der Waals surface area contributed by atoms with Gasteiger partial charge in [0.25, 0.3) is 0 Å². The second-order valence-electron chi connectivity index (χ2n) is 20.0. The summed E-state index contributed by atoms with van der Waals surface area (Å²) < 4.78 is 2.44. The first kappa shape index (κ1) is 41.9. The van der Waals surface area contributed by atoms with Crippen LogP contribution in [-0.2, 0) is 10.8 Å². The largest absolute Gasteiger partial charge is 0.309 e. The normalized spacial score (nSPS) is 13.6. The van der Waals surface area contributed by atoms with Crippen molar-refractivity contribution in [3.63, 3.8) is 0 Å². The molecule has 12 aromatic rings. The molecular formula is C70H50N2. The van der Waals surface area contributed by atoms with Gasteiger partial charge in [0.05, 0.1) is 27.8 Å². The SMILES string of the molecule is CC1(C)c2cc(N(c3ccccc3-c3ccc(-c4ccccc4)cc3)c3cccc4c3-c3ccccc3C4(c3ccccc3)c3ccccc3)ccc2-c2ccc(-n3c4ccccc4c4ccccc43)cc21. The lowest BCUT2D eigenvalue weighted by Gasteiger charge is -2.35. The molecule has 11 aromatic carbocycles. The van der Waals surface area contributed by atoms with Crippen LogP contribution < -0.4 is 4.90 Å². The van der Waals surface area contributed by atoms with E-state index in [4.69, 9.17) is 0 Å². The molecule has 0 radical (unpaired) electrons. The minimum absolute atomic E-state index is 0.297. The van der Waals surface area contributed by atoms with Crippen LogP contribution in [0.15, 0.2) is 267 Å². The Morgan fingerprint density at radius 1 is 0.333 bits per heavy atom. The van der Waals surface area contributed by atoms with E-state index in [0.717, 1.165) is 28.2 Å². The van der Waals surface area contributed by atoms with Crippen molar-refractivity contribution in [1.82, 2.24) is 4.57 Å². The van der Waals surface area contributed by atoms with E-state index in [0.29, 0.717) is 0 Å². The fraction of sp³-hybridized carbons (Fsp3) is 0.0571. The number of nitrogens with zero attached hydrogens (tertiary/aromatic N) is 2. The Morgan fingerprint density at radius 2 is 0.833 bits per heavy atom. The molecule has 0 amide bonds. The maximum atomic E-state index is 2.56. The van der Waals surface area contributed by atoms with Crippen LogP contribution in [0, 0.1) is 0 Å². The predicted molar refractivity (Wildman–Crippen MR) is 301 cm³/mol. The van der Waals surface area contributed by atoms with Gasteiger partial charge in [-0.3, -0.25) is 0 Å². The number of fused-ring (bicyclic) bond motifs is 9. The summed E-state index contributed by atoms with van der Waals surface area (Å²) in [5.41, 5.74) is 23.7. The maximum Gasteiger partial charge on any atom is 0.0714 e. The van der Waals surface area contributed by atoms with Crippen molar-refractivity contribution in [3.05, 3.63) is 300 Å². The topological polar surface area (TPSA) is 8.17 Å². The van der Waals surface area contributed by atoms with E-state index >= 15 is 0 Å². The highest BCUT2D eigenvalue weighted by molar-refractivity contribution is 6.09. The van der Waals surface area contributed by atoms with Crippen LogP contribution in [0.2, 0.25) is 0 Å². The third-order valence-electron chi connectivity index (χ3n) is 15.9. The molecule has 72 heavy (non-hydrogen) atoms. The van der Waals surface area contributed by atoms with Crippen LogP contribution in [0.1, 0.15) is 47.2 Å². The van der Waals surface area contributed by atoms with Gasteiger partial charge >= 0.3 is 0 Å². The highest BCUT2D eigenvalue weighted by Crippen LogP contribution is 2.60. The monoisotopic (exact) mass is 918 g/mol. The lowest BCUT2D eigenvalue weighted by atomic mass is 9.68. The molecule has 0 spiro atoms. The number of hydrogen-bond acceptors (Lipinski definition) is 1. The zero-order valence-corrected chi connectivity index (χ0v) is 40.3. The molecule has 0 bridgehead atoms. The van der Waals surface area contributed by atoms with Gasteiger partial charge in [-0.2, -0.15) is 0 Å². The Bertz CT molecular complexity index is 3960. The van der Waals surface area contributed by atoms with Crippen molar-refractivity contribution in [1.29, 1.82) is 0 Å². The van der Waals surface area contributed by atoms with Gasteiger partial charge in [0, 0.05) is 38.7 Å². The summed E-state index contributed by atoms with van der Waals surface area (Å²) in [5.74, 6) is 0. The van der Waals surface area contributed by atoms with Gasteiger partial charge in [-0.05, 0) is 115 Å². The van der Waals surface area contributed by atoms with Crippen LogP contribution in [0.4, 0.5) is 17.1 Å². The van der Waals surface area contributed by atoms with Crippen molar-refractivity contribution in [2.75, 3.05) is 4.90 Å². The van der Waals surface area contributed by atoms with E-state index in [2.05, 4.69) is 290 Å². The molecule has 0 N–H and O–H groups in total. The second kappa shape index (κ2) is 16.3. The standard InChI is InChI=1S/C70H50N2/c1-69(2)62-45-52(71-65-34-18-14-28-57(65)58-29-15-19-35-66(58)71)41-43-55(62)56-44-42-53(46-63(56)69)72(64-33-17-13-27-54(64)49-39-37-48(38-40-49)47-21-6-3-7-22-47)67-36-20-32-61-68(67)59-30-12-16-31-60(59)70(61,50-23-8-4-9-24-50)51-25-10-5-11-26-51/h3-46H,1-2H3. The zero-order chi connectivity index (χ0) is 48.0. The zero-order valence-electron chi connectivity index (χ0n) is 40.3. The third kappa shape index (κ3) is 6.15. The van der Waals surface area contributed by atoms with Gasteiger partial charge in [0.1, 0.15) is 0 Å². The first-order valence-electron chi connectivity index (χ1n) is 25.2. The molecule has 14 rings (SSSR count). The van der Waals surface area contributed by atoms with Crippen LogP contribution in [-0.4, -0.2) is 4.57 Å². The molecule has 2 heteroatoms. The number of anilines is 3. The van der Waals surface area contributed by atoms with E-state index in [9.17, 15) is 0 Å². The van der Waals surface area contributed by atoms with Crippen LogP contribution in [0.3, 0.4) is 0 Å². The van der Waals surface area contributed by atoms with Crippen LogP contribution in [0.5, 0.6) is 0 Å². The highest BCUT2D eigenvalue weighted by Gasteiger charge is 2.47. The molecule has 0 unspecified atom stereocenters. The Balaban J connectivity index is 0.989. The molecule has 2 nitrogen and oxygen atoms in total. The minimum Gasteiger partial charge on any atom is -0.309 e. The van der Waals surface area contributed by atoms with E-state index in [1.807, 2.05) is 0 Å². The van der Waals surface area contributed by atoms with E-state index in [1.54, 1.807) is 0 Å². The van der Waals surface area contributed by atoms with Gasteiger partial charge in [0.2, 0.25) is 0 Å². The van der Waals surface area contributed by atoms with E-state index in [-0.39, 0.29) is 5.41 Å². The molecule has 0 fully saturated rings. The van der Waals surface area contributed by atoms with Crippen LogP contribution >= 0.6 is 0 Å². The van der Waals surface area contributed by atoms with Gasteiger partial charge in [-0.1, -0.05) is 232 Å². The molecule has 0 aliphatic heterocycles. The Hall–Kier alpha value is -8.98. The quantitative estimate of drug-likeness (QED) is 0.147. The Morgan fingerprint density at radius 3 is 1.51 bits per heavy atom. The fourth-order valence-electron chi connectivity index (χ4n) is 12.6. The lowest BCUT2D eigenvalue weighted by molar-refractivity contribution is 0.660. The molecule has 340 valence electrons. The van der Waals surface area contributed by atoms with E-state index in [1.165, 1.54) is 94.3 Å². The summed E-state index contributed by atoms with van der Waals surface area (Å²) in [6.07, 6.45) is 0. The molecule has 2 aliphatic rings. The second-order valence-corrected chi connectivity index (χ2v) is 20.0. The number of rotatable bonds is 8. The van der Waals surface area contributed by atoms with Crippen molar-refractivity contribution < 1.29 is 0 Å². The van der Waals surface area contributed by atoms with Gasteiger partial charge < -0.3 is 9.47 Å². The van der Waals surface area contributed by atoms with Crippen molar-refractivity contribution in [2.24, 2.45) is 0 Å². The average molecular weight is 919 g/mol. The first-order chi connectivity index (χ1) is 35.5.